The Bertz CT molecular complexity index is 494. The Labute approximate surface area is 102 Å². The molecule has 0 aromatic carbocycles. The second-order valence-corrected chi connectivity index (χ2v) is 3.64. The monoisotopic (exact) mass is 253 g/mol. The third-order valence-corrected chi connectivity index (χ3v) is 2.27. The van der Waals surface area contributed by atoms with Gasteiger partial charge in [-0.05, 0) is 23.8 Å². The first-order chi connectivity index (χ1) is 8.55. The molecule has 0 aliphatic carbocycles. The zero-order valence-electron chi connectivity index (χ0n) is 9.28. The van der Waals surface area contributed by atoms with Crippen LogP contribution in [0.25, 0.3) is 0 Å². The molecule has 0 aliphatic heterocycles. The minimum atomic E-state index is -4.40. The average molecular weight is 253 g/mol. The molecule has 0 spiro atoms. The van der Waals surface area contributed by atoms with Gasteiger partial charge < -0.3 is 5.32 Å². The van der Waals surface area contributed by atoms with Crippen LogP contribution in [0.15, 0.2) is 42.9 Å². The summed E-state index contributed by atoms with van der Waals surface area (Å²) in [5.41, 5.74) is 0.582. The fourth-order valence-corrected chi connectivity index (χ4v) is 1.37. The van der Waals surface area contributed by atoms with Crippen LogP contribution in [0.4, 0.5) is 18.9 Å². The van der Waals surface area contributed by atoms with Crippen molar-refractivity contribution < 1.29 is 13.2 Å². The number of aromatic nitrogens is 2. The minimum Gasteiger partial charge on any atom is -0.380 e. The SMILES string of the molecule is FC(F)(F)c1ccc(NCc2cccnc2)cn1. The second-order valence-electron chi connectivity index (χ2n) is 3.64. The van der Waals surface area contributed by atoms with Crippen molar-refractivity contribution in [3.05, 3.63) is 54.1 Å². The van der Waals surface area contributed by atoms with Gasteiger partial charge in [-0.25, -0.2) is 4.98 Å². The smallest absolute Gasteiger partial charge is 0.380 e. The van der Waals surface area contributed by atoms with E-state index in [9.17, 15) is 13.2 Å². The Morgan fingerprint density at radius 3 is 2.50 bits per heavy atom. The molecule has 18 heavy (non-hydrogen) atoms. The zero-order chi connectivity index (χ0) is 13.0. The summed E-state index contributed by atoms with van der Waals surface area (Å²) in [6.45, 7) is 0.487. The lowest BCUT2D eigenvalue weighted by atomic mass is 10.2. The quantitative estimate of drug-likeness (QED) is 0.913. The number of nitrogens with zero attached hydrogens (tertiary/aromatic N) is 2. The average Bonchev–Trinajstić information content (AvgIpc) is 2.37. The van der Waals surface area contributed by atoms with Crippen molar-refractivity contribution in [1.29, 1.82) is 0 Å². The van der Waals surface area contributed by atoms with Crippen LogP contribution in [0.5, 0.6) is 0 Å². The summed E-state index contributed by atoms with van der Waals surface area (Å²) in [6.07, 6.45) is 0.106. The zero-order valence-corrected chi connectivity index (χ0v) is 9.28. The molecule has 0 saturated carbocycles. The van der Waals surface area contributed by atoms with E-state index in [0.717, 1.165) is 11.6 Å². The van der Waals surface area contributed by atoms with E-state index < -0.39 is 11.9 Å². The van der Waals surface area contributed by atoms with E-state index in [1.807, 2.05) is 6.07 Å². The number of hydrogen-bond acceptors (Lipinski definition) is 3. The second kappa shape index (κ2) is 5.03. The van der Waals surface area contributed by atoms with Crippen molar-refractivity contribution in [2.75, 3.05) is 5.32 Å². The van der Waals surface area contributed by atoms with E-state index >= 15 is 0 Å². The summed E-state index contributed by atoms with van der Waals surface area (Å²) in [5.74, 6) is 0. The van der Waals surface area contributed by atoms with Gasteiger partial charge in [0.15, 0.2) is 0 Å². The summed E-state index contributed by atoms with van der Waals surface area (Å²) in [7, 11) is 0. The summed E-state index contributed by atoms with van der Waals surface area (Å²) in [4.78, 5) is 7.30. The van der Waals surface area contributed by atoms with E-state index in [1.54, 1.807) is 18.5 Å². The molecule has 0 atom stereocenters. The fraction of sp³-hybridized carbons (Fsp3) is 0.167. The Balaban J connectivity index is 1.99. The molecule has 94 valence electrons. The van der Waals surface area contributed by atoms with Crippen molar-refractivity contribution in [3.63, 3.8) is 0 Å². The highest BCUT2D eigenvalue weighted by molar-refractivity contribution is 5.41. The minimum absolute atomic E-state index is 0.487. The van der Waals surface area contributed by atoms with Gasteiger partial charge in [-0.2, -0.15) is 13.2 Å². The first-order valence-electron chi connectivity index (χ1n) is 5.22. The molecule has 3 nitrogen and oxygen atoms in total. The molecular weight excluding hydrogens is 243 g/mol. The molecule has 0 unspecified atom stereocenters. The van der Waals surface area contributed by atoms with Gasteiger partial charge in [0.1, 0.15) is 5.69 Å². The molecule has 0 amide bonds. The largest absolute Gasteiger partial charge is 0.433 e. The molecule has 0 aliphatic rings. The highest BCUT2D eigenvalue weighted by Gasteiger charge is 2.31. The number of anilines is 1. The molecule has 2 aromatic rings. The summed E-state index contributed by atoms with van der Waals surface area (Å²) in [6, 6.07) is 5.97. The highest BCUT2D eigenvalue weighted by Crippen LogP contribution is 2.27. The third kappa shape index (κ3) is 3.19. The molecule has 0 fully saturated rings. The first-order valence-corrected chi connectivity index (χ1v) is 5.22. The van der Waals surface area contributed by atoms with Crippen molar-refractivity contribution in [2.45, 2.75) is 12.7 Å². The van der Waals surface area contributed by atoms with Crippen molar-refractivity contribution in [1.82, 2.24) is 9.97 Å². The Morgan fingerprint density at radius 1 is 1.11 bits per heavy atom. The first kappa shape index (κ1) is 12.3. The van der Waals surface area contributed by atoms with Crippen LogP contribution in [0.3, 0.4) is 0 Å². The normalized spacial score (nSPS) is 11.3. The molecule has 2 aromatic heterocycles. The van der Waals surface area contributed by atoms with Gasteiger partial charge >= 0.3 is 6.18 Å². The van der Waals surface area contributed by atoms with Gasteiger partial charge in [-0.3, -0.25) is 4.98 Å². The van der Waals surface area contributed by atoms with E-state index in [1.165, 1.54) is 12.3 Å². The lowest BCUT2D eigenvalue weighted by molar-refractivity contribution is -0.141. The van der Waals surface area contributed by atoms with Gasteiger partial charge in [-0.1, -0.05) is 6.07 Å². The molecule has 0 bridgehead atoms. The van der Waals surface area contributed by atoms with Crippen LogP contribution < -0.4 is 5.32 Å². The van der Waals surface area contributed by atoms with Crippen LogP contribution in [-0.4, -0.2) is 9.97 Å². The van der Waals surface area contributed by atoms with Gasteiger partial charge in [0.05, 0.1) is 11.9 Å². The van der Waals surface area contributed by atoms with Crippen molar-refractivity contribution in [3.8, 4) is 0 Å². The van der Waals surface area contributed by atoms with Crippen LogP contribution in [-0.2, 0) is 12.7 Å². The number of hydrogen-bond donors (Lipinski definition) is 1. The molecule has 0 saturated heterocycles. The maximum Gasteiger partial charge on any atom is 0.433 e. The number of nitrogens with one attached hydrogen (secondary N) is 1. The number of rotatable bonds is 3. The molecular formula is C12H10F3N3. The lowest BCUT2D eigenvalue weighted by Gasteiger charge is -2.08. The van der Waals surface area contributed by atoms with E-state index in [0.29, 0.717) is 12.2 Å². The summed E-state index contributed by atoms with van der Waals surface area (Å²) in [5, 5.41) is 2.97. The van der Waals surface area contributed by atoms with Crippen LogP contribution in [0.2, 0.25) is 0 Å². The Hall–Kier alpha value is -2.11. The number of alkyl halides is 3. The predicted octanol–water partition coefficient (Wildman–Crippen LogP) is 3.11. The topological polar surface area (TPSA) is 37.8 Å². The van der Waals surface area contributed by atoms with Gasteiger partial charge in [0, 0.05) is 18.9 Å². The molecule has 6 heteroatoms. The van der Waals surface area contributed by atoms with Gasteiger partial charge in [-0.15, -0.1) is 0 Å². The van der Waals surface area contributed by atoms with Crippen LogP contribution in [0, 0.1) is 0 Å². The third-order valence-electron chi connectivity index (χ3n) is 2.27. The fourth-order valence-electron chi connectivity index (χ4n) is 1.37. The lowest BCUT2D eigenvalue weighted by Crippen LogP contribution is -2.08. The molecule has 2 heterocycles. The van der Waals surface area contributed by atoms with E-state index in [-0.39, 0.29) is 0 Å². The van der Waals surface area contributed by atoms with Crippen molar-refractivity contribution in [2.24, 2.45) is 0 Å². The Kier molecular flexibility index (Phi) is 3.45. The van der Waals surface area contributed by atoms with Gasteiger partial charge in [0.2, 0.25) is 0 Å². The summed E-state index contributed by atoms with van der Waals surface area (Å²) < 4.78 is 36.8. The molecule has 1 N–H and O–H groups in total. The maximum absolute atomic E-state index is 12.3. The standard InChI is InChI=1S/C12H10F3N3/c13-12(14,15)11-4-3-10(8-18-11)17-7-9-2-1-5-16-6-9/h1-6,8,17H,7H2. The molecule has 0 radical (unpaired) electrons. The predicted molar refractivity (Wildman–Crippen MR) is 60.8 cm³/mol. The summed E-state index contributed by atoms with van der Waals surface area (Å²) >= 11 is 0. The van der Waals surface area contributed by atoms with Crippen LogP contribution in [0.1, 0.15) is 11.3 Å². The maximum atomic E-state index is 12.3. The van der Waals surface area contributed by atoms with Crippen molar-refractivity contribution >= 4 is 5.69 Å². The van der Waals surface area contributed by atoms with E-state index in [2.05, 4.69) is 15.3 Å². The Morgan fingerprint density at radius 2 is 1.94 bits per heavy atom. The number of pyridine rings is 2. The van der Waals surface area contributed by atoms with E-state index in [4.69, 9.17) is 0 Å². The van der Waals surface area contributed by atoms with Crippen LogP contribution >= 0.6 is 0 Å². The van der Waals surface area contributed by atoms with Gasteiger partial charge in [0.25, 0.3) is 0 Å². The molecule has 2 rings (SSSR count). The number of halogens is 3. The highest BCUT2D eigenvalue weighted by atomic mass is 19.4.